The lowest BCUT2D eigenvalue weighted by molar-refractivity contribution is 0.102. The van der Waals surface area contributed by atoms with Crippen molar-refractivity contribution in [2.75, 3.05) is 30.2 Å². The number of hydrogen-bond acceptors (Lipinski definition) is 6. The quantitative estimate of drug-likeness (QED) is 0.434. The topological polar surface area (TPSA) is 122 Å². The van der Waals surface area contributed by atoms with Crippen LogP contribution in [-0.4, -0.2) is 47.2 Å². The summed E-state index contributed by atoms with van der Waals surface area (Å²) < 4.78 is 60.1. The minimum Gasteiger partial charge on any atom is -0.495 e. The van der Waals surface area contributed by atoms with Gasteiger partial charge in [-0.1, -0.05) is 29.8 Å². The second-order valence-corrected chi connectivity index (χ2v) is 12.1. The summed E-state index contributed by atoms with van der Waals surface area (Å²) in [5.41, 5.74) is 0.415. The van der Waals surface area contributed by atoms with Crippen molar-refractivity contribution in [3.63, 3.8) is 0 Å². The van der Waals surface area contributed by atoms with E-state index in [1.807, 2.05) is 0 Å². The number of hydrogen-bond donors (Lipinski definition) is 2. The summed E-state index contributed by atoms with van der Waals surface area (Å²) in [6, 6.07) is 16.2. The zero-order valence-corrected chi connectivity index (χ0v) is 21.7. The Morgan fingerprint density at radius 3 is 2.22 bits per heavy atom. The molecule has 0 aliphatic carbocycles. The molecular formula is C24H24ClN3O6S2. The number of methoxy groups -OCH3 is 1. The fraction of sp³-hybridized carbons (Fsp3) is 0.208. The molecule has 1 amide bonds. The van der Waals surface area contributed by atoms with Gasteiger partial charge in [-0.25, -0.2) is 16.8 Å². The highest BCUT2D eigenvalue weighted by molar-refractivity contribution is 7.92. The molecule has 0 bridgehead atoms. The highest BCUT2D eigenvalue weighted by Gasteiger charge is 2.28. The summed E-state index contributed by atoms with van der Waals surface area (Å²) in [6.45, 7) is 0.907. The summed E-state index contributed by atoms with van der Waals surface area (Å²) in [7, 11) is -6.16. The van der Waals surface area contributed by atoms with E-state index in [2.05, 4.69) is 10.0 Å². The Balaban J connectivity index is 1.56. The normalized spacial score (nSPS) is 14.4. The highest BCUT2D eigenvalue weighted by Crippen LogP contribution is 2.31. The van der Waals surface area contributed by atoms with Gasteiger partial charge in [0.15, 0.2) is 0 Å². The molecule has 3 aromatic rings. The Morgan fingerprint density at radius 2 is 1.58 bits per heavy atom. The highest BCUT2D eigenvalue weighted by atomic mass is 35.5. The zero-order valence-electron chi connectivity index (χ0n) is 19.3. The molecule has 2 N–H and O–H groups in total. The largest absolute Gasteiger partial charge is 0.495 e. The first-order valence-electron chi connectivity index (χ1n) is 11.0. The van der Waals surface area contributed by atoms with Crippen molar-refractivity contribution in [1.82, 2.24) is 4.31 Å². The first-order valence-corrected chi connectivity index (χ1v) is 14.3. The van der Waals surface area contributed by atoms with Crippen molar-refractivity contribution in [3.05, 3.63) is 77.3 Å². The van der Waals surface area contributed by atoms with Crippen molar-refractivity contribution in [1.29, 1.82) is 0 Å². The first kappa shape index (κ1) is 26.0. The lowest BCUT2D eigenvalue weighted by Gasteiger charge is -2.17. The van der Waals surface area contributed by atoms with Gasteiger partial charge < -0.3 is 10.1 Å². The Morgan fingerprint density at radius 1 is 0.889 bits per heavy atom. The van der Waals surface area contributed by atoms with Gasteiger partial charge in [-0.05, 0) is 61.4 Å². The van der Waals surface area contributed by atoms with Gasteiger partial charge in [-0.15, -0.1) is 0 Å². The number of nitrogens with zero attached hydrogens (tertiary/aromatic N) is 1. The van der Waals surface area contributed by atoms with E-state index in [0.717, 1.165) is 12.8 Å². The molecule has 1 heterocycles. The van der Waals surface area contributed by atoms with Crippen LogP contribution in [0.5, 0.6) is 5.75 Å². The van der Waals surface area contributed by atoms with E-state index < -0.39 is 26.0 Å². The molecule has 1 fully saturated rings. The SMILES string of the molecule is COc1ccc(S(=O)(=O)N2CCCC2)cc1NC(=O)c1ccc(NS(=O)(=O)c2ccccc2)c(Cl)c1. The lowest BCUT2D eigenvalue weighted by Crippen LogP contribution is -2.28. The van der Waals surface area contributed by atoms with Gasteiger partial charge in [0.1, 0.15) is 5.75 Å². The first-order chi connectivity index (χ1) is 17.1. The molecule has 4 rings (SSSR count). The van der Waals surface area contributed by atoms with Gasteiger partial charge >= 0.3 is 0 Å². The molecule has 0 spiro atoms. The minimum atomic E-state index is -3.86. The van der Waals surface area contributed by atoms with Crippen molar-refractivity contribution in [2.45, 2.75) is 22.6 Å². The van der Waals surface area contributed by atoms with E-state index in [9.17, 15) is 21.6 Å². The van der Waals surface area contributed by atoms with Gasteiger partial charge in [0, 0.05) is 18.7 Å². The van der Waals surface area contributed by atoms with Crippen LogP contribution in [0.25, 0.3) is 0 Å². The number of carbonyl (C=O) groups excluding carboxylic acids is 1. The van der Waals surface area contributed by atoms with Crippen LogP contribution in [0, 0.1) is 0 Å². The summed E-state index contributed by atoms with van der Waals surface area (Å²) in [5.74, 6) is -0.301. The maximum absolute atomic E-state index is 12.9. The summed E-state index contributed by atoms with van der Waals surface area (Å²) >= 11 is 6.27. The van der Waals surface area contributed by atoms with E-state index in [0.29, 0.717) is 13.1 Å². The summed E-state index contributed by atoms with van der Waals surface area (Å²) in [5, 5.41) is 2.67. The van der Waals surface area contributed by atoms with Gasteiger partial charge in [0.2, 0.25) is 10.0 Å². The predicted molar refractivity (Wildman–Crippen MR) is 138 cm³/mol. The van der Waals surface area contributed by atoms with E-state index >= 15 is 0 Å². The summed E-state index contributed by atoms with van der Waals surface area (Å²) in [4.78, 5) is 13.1. The van der Waals surface area contributed by atoms with Crippen LogP contribution in [-0.2, 0) is 20.0 Å². The third-order valence-corrected chi connectivity index (χ3v) is 9.24. The predicted octanol–water partition coefficient (Wildman–Crippen LogP) is 4.19. The Labute approximate surface area is 215 Å². The van der Waals surface area contributed by atoms with Crippen molar-refractivity contribution in [2.24, 2.45) is 0 Å². The monoisotopic (exact) mass is 549 g/mol. The van der Waals surface area contributed by atoms with Gasteiger partial charge in [0.05, 0.1) is 33.3 Å². The maximum Gasteiger partial charge on any atom is 0.261 e. The third-order valence-electron chi connectivity index (χ3n) is 5.65. The molecule has 12 heteroatoms. The van der Waals surface area contributed by atoms with Crippen LogP contribution in [0.3, 0.4) is 0 Å². The molecule has 1 aliphatic heterocycles. The Kier molecular flexibility index (Phi) is 7.55. The molecular weight excluding hydrogens is 526 g/mol. The van der Waals surface area contributed by atoms with Gasteiger partial charge in [0.25, 0.3) is 15.9 Å². The number of halogens is 1. The molecule has 3 aromatic carbocycles. The lowest BCUT2D eigenvalue weighted by atomic mass is 10.2. The minimum absolute atomic E-state index is 0.0134. The molecule has 0 radical (unpaired) electrons. The molecule has 9 nitrogen and oxygen atoms in total. The maximum atomic E-state index is 12.9. The number of carbonyl (C=O) groups is 1. The molecule has 0 aromatic heterocycles. The summed E-state index contributed by atoms with van der Waals surface area (Å²) in [6.07, 6.45) is 1.61. The van der Waals surface area contributed by atoms with Crippen molar-refractivity contribution < 1.29 is 26.4 Å². The molecule has 190 valence electrons. The van der Waals surface area contributed by atoms with Crippen LogP contribution < -0.4 is 14.8 Å². The number of anilines is 2. The number of rotatable bonds is 8. The molecule has 0 unspecified atom stereocenters. The Bertz CT molecular complexity index is 1490. The number of amides is 1. The van der Waals surface area contributed by atoms with Crippen LogP contribution >= 0.6 is 11.6 Å². The Hall–Kier alpha value is -3.12. The van der Waals surface area contributed by atoms with Crippen molar-refractivity contribution in [3.8, 4) is 5.75 Å². The second-order valence-electron chi connectivity index (χ2n) is 8.04. The number of nitrogens with one attached hydrogen (secondary N) is 2. The second kappa shape index (κ2) is 10.5. The molecule has 1 saturated heterocycles. The van der Waals surface area contributed by atoms with Crippen LogP contribution in [0.2, 0.25) is 5.02 Å². The van der Waals surface area contributed by atoms with Crippen LogP contribution in [0.4, 0.5) is 11.4 Å². The molecule has 36 heavy (non-hydrogen) atoms. The fourth-order valence-electron chi connectivity index (χ4n) is 3.76. The average molecular weight is 550 g/mol. The van der Waals surface area contributed by atoms with E-state index in [4.69, 9.17) is 16.3 Å². The average Bonchev–Trinajstić information content (AvgIpc) is 3.42. The van der Waals surface area contributed by atoms with E-state index in [1.165, 1.54) is 59.9 Å². The standard InChI is InChI=1S/C24H24ClN3O6S2/c1-34-23-12-10-19(36(32,33)28-13-5-6-14-28)16-22(23)26-24(29)17-9-11-21(20(25)15-17)27-35(30,31)18-7-3-2-4-8-18/h2-4,7-12,15-16,27H,5-6,13-14H2,1H3,(H,26,29). The van der Waals surface area contributed by atoms with Crippen molar-refractivity contribution >= 4 is 48.9 Å². The fourth-order valence-corrected chi connectivity index (χ4v) is 6.69. The molecule has 1 aliphatic rings. The number of ether oxygens (including phenoxy) is 1. The smallest absolute Gasteiger partial charge is 0.261 e. The number of sulfonamides is 2. The zero-order chi connectivity index (χ0) is 25.9. The molecule has 0 saturated carbocycles. The van der Waals surface area contributed by atoms with E-state index in [-0.39, 0.29) is 37.5 Å². The van der Waals surface area contributed by atoms with Gasteiger partial charge in [-0.3, -0.25) is 9.52 Å². The molecule has 0 atom stereocenters. The van der Waals surface area contributed by atoms with Crippen LogP contribution in [0.1, 0.15) is 23.2 Å². The van der Waals surface area contributed by atoms with Gasteiger partial charge in [-0.2, -0.15) is 4.31 Å². The van der Waals surface area contributed by atoms with E-state index in [1.54, 1.807) is 18.2 Å². The van der Waals surface area contributed by atoms with Crippen LogP contribution in [0.15, 0.2) is 76.5 Å². The third kappa shape index (κ3) is 5.49. The number of benzene rings is 3.